The Labute approximate surface area is 185 Å². The number of rotatable bonds is 7. The molecule has 8 nitrogen and oxygen atoms in total. The minimum absolute atomic E-state index is 0.222. The monoisotopic (exact) mass is 429 g/mol. The van der Waals surface area contributed by atoms with Gasteiger partial charge < -0.3 is 14.8 Å². The maximum atomic E-state index is 13.2. The van der Waals surface area contributed by atoms with Crippen LogP contribution < -0.4 is 14.8 Å². The van der Waals surface area contributed by atoms with Gasteiger partial charge in [-0.15, -0.1) is 5.10 Å². The van der Waals surface area contributed by atoms with Gasteiger partial charge in [-0.05, 0) is 48.9 Å². The van der Waals surface area contributed by atoms with Crippen LogP contribution in [0.15, 0.2) is 73.1 Å². The summed E-state index contributed by atoms with van der Waals surface area (Å²) in [5.74, 6) is 1.11. The van der Waals surface area contributed by atoms with Crippen molar-refractivity contribution in [2.75, 3.05) is 14.2 Å². The molecule has 0 spiro atoms. The summed E-state index contributed by atoms with van der Waals surface area (Å²) in [5.41, 5.74) is 3.24. The predicted octanol–water partition coefficient (Wildman–Crippen LogP) is 3.84. The molecule has 0 aliphatic heterocycles. The van der Waals surface area contributed by atoms with E-state index in [9.17, 15) is 4.79 Å². The van der Waals surface area contributed by atoms with Gasteiger partial charge in [0.2, 0.25) is 0 Å². The van der Waals surface area contributed by atoms with E-state index >= 15 is 0 Å². The molecule has 4 aromatic rings. The van der Waals surface area contributed by atoms with Crippen LogP contribution in [0.4, 0.5) is 0 Å². The highest BCUT2D eigenvalue weighted by Crippen LogP contribution is 2.27. The average Bonchev–Trinajstić information content (AvgIpc) is 3.30. The average molecular weight is 429 g/mol. The molecule has 0 radical (unpaired) electrons. The number of nitrogens with zero attached hydrogens (tertiary/aromatic N) is 4. The first-order valence-electron chi connectivity index (χ1n) is 10.1. The van der Waals surface area contributed by atoms with Crippen LogP contribution in [0.25, 0.3) is 16.9 Å². The third-order valence-electron chi connectivity index (χ3n) is 5.10. The molecule has 2 heterocycles. The Hall–Kier alpha value is -4.20. The lowest BCUT2D eigenvalue weighted by Gasteiger charge is -2.15. The van der Waals surface area contributed by atoms with Gasteiger partial charge in [-0.25, -0.2) is 4.68 Å². The normalized spacial score (nSPS) is 11.6. The molecule has 0 bridgehead atoms. The van der Waals surface area contributed by atoms with E-state index < -0.39 is 0 Å². The maximum Gasteiger partial charge on any atom is 0.274 e. The topological polar surface area (TPSA) is 91.2 Å². The molecule has 4 rings (SSSR count). The number of carbonyl (C=O) groups excluding carboxylic acids is 1. The Morgan fingerprint density at radius 1 is 0.969 bits per heavy atom. The standard InChI is InChI=1S/C24H23N5O3/c1-16(17-7-9-20(31-2)10-8-17)26-24(30)22-23(18-11-13-25-14-12-18)29(28-27-22)19-5-4-6-21(15-19)32-3/h4-16H,1-3H3,(H,26,30)/t16-/m0/s1. The first-order chi connectivity index (χ1) is 15.6. The van der Waals surface area contributed by atoms with Crippen molar-refractivity contribution in [3.05, 3.63) is 84.3 Å². The van der Waals surface area contributed by atoms with E-state index in [2.05, 4.69) is 20.6 Å². The van der Waals surface area contributed by atoms with Crippen molar-refractivity contribution in [2.45, 2.75) is 13.0 Å². The number of aromatic nitrogens is 4. The second kappa shape index (κ2) is 9.30. The van der Waals surface area contributed by atoms with E-state index in [4.69, 9.17) is 9.47 Å². The minimum Gasteiger partial charge on any atom is -0.497 e. The van der Waals surface area contributed by atoms with E-state index in [1.807, 2.05) is 67.6 Å². The summed E-state index contributed by atoms with van der Waals surface area (Å²) in [7, 11) is 3.22. The Kier molecular flexibility index (Phi) is 6.12. The molecule has 1 N–H and O–H groups in total. The second-order valence-corrected chi connectivity index (χ2v) is 7.10. The molecule has 1 atom stereocenters. The first-order valence-corrected chi connectivity index (χ1v) is 10.1. The third kappa shape index (κ3) is 4.29. The van der Waals surface area contributed by atoms with Gasteiger partial charge in [-0.3, -0.25) is 9.78 Å². The molecule has 1 amide bonds. The van der Waals surface area contributed by atoms with Gasteiger partial charge in [-0.2, -0.15) is 0 Å². The van der Waals surface area contributed by atoms with Gasteiger partial charge in [0.15, 0.2) is 5.69 Å². The second-order valence-electron chi connectivity index (χ2n) is 7.10. The number of hydrogen-bond acceptors (Lipinski definition) is 6. The summed E-state index contributed by atoms with van der Waals surface area (Å²) in [6.07, 6.45) is 3.33. The fourth-order valence-corrected chi connectivity index (χ4v) is 3.37. The van der Waals surface area contributed by atoms with Crippen LogP contribution in [-0.4, -0.2) is 40.1 Å². The minimum atomic E-state index is -0.325. The quantitative estimate of drug-likeness (QED) is 0.480. The van der Waals surface area contributed by atoms with Gasteiger partial charge in [0, 0.05) is 24.0 Å². The highest BCUT2D eigenvalue weighted by Gasteiger charge is 2.23. The van der Waals surface area contributed by atoms with Crippen LogP contribution in [0, 0.1) is 0 Å². The Morgan fingerprint density at radius 2 is 1.69 bits per heavy atom. The van der Waals surface area contributed by atoms with Crippen molar-refractivity contribution in [2.24, 2.45) is 0 Å². The van der Waals surface area contributed by atoms with Crippen molar-refractivity contribution in [1.29, 1.82) is 0 Å². The van der Waals surface area contributed by atoms with Crippen molar-refractivity contribution in [3.63, 3.8) is 0 Å². The zero-order valence-corrected chi connectivity index (χ0v) is 18.0. The van der Waals surface area contributed by atoms with Crippen LogP contribution in [0.1, 0.15) is 29.0 Å². The number of carbonyl (C=O) groups is 1. The van der Waals surface area contributed by atoms with E-state index in [1.54, 1.807) is 31.3 Å². The lowest BCUT2D eigenvalue weighted by atomic mass is 10.1. The molecule has 0 saturated carbocycles. The van der Waals surface area contributed by atoms with Crippen molar-refractivity contribution in [3.8, 4) is 28.4 Å². The fourth-order valence-electron chi connectivity index (χ4n) is 3.37. The van der Waals surface area contributed by atoms with Crippen LogP contribution in [0.3, 0.4) is 0 Å². The number of ether oxygens (including phenoxy) is 2. The Bertz CT molecular complexity index is 1210. The maximum absolute atomic E-state index is 13.2. The van der Waals surface area contributed by atoms with Gasteiger partial charge in [0.25, 0.3) is 5.91 Å². The summed E-state index contributed by atoms with van der Waals surface area (Å²) in [4.78, 5) is 17.3. The number of methoxy groups -OCH3 is 2. The zero-order valence-electron chi connectivity index (χ0n) is 18.0. The highest BCUT2D eigenvalue weighted by atomic mass is 16.5. The number of nitrogens with one attached hydrogen (secondary N) is 1. The number of amides is 1. The first kappa shape index (κ1) is 21.0. The number of hydrogen-bond donors (Lipinski definition) is 1. The molecule has 0 aliphatic rings. The van der Waals surface area contributed by atoms with E-state index in [0.717, 1.165) is 22.6 Å². The van der Waals surface area contributed by atoms with E-state index in [-0.39, 0.29) is 17.6 Å². The highest BCUT2D eigenvalue weighted by molar-refractivity contribution is 5.98. The zero-order chi connectivity index (χ0) is 22.5. The van der Waals surface area contributed by atoms with Crippen LogP contribution in [0.2, 0.25) is 0 Å². The molecular formula is C24H23N5O3. The predicted molar refractivity (Wildman–Crippen MR) is 120 cm³/mol. The largest absolute Gasteiger partial charge is 0.497 e. The molecule has 0 fully saturated rings. The van der Waals surface area contributed by atoms with Gasteiger partial charge in [-0.1, -0.05) is 23.4 Å². The van der Waals surface area contributed by atoms with E-state index in [0.29, 0.717) is 11.4 Å². The Balaban J connectivity index is 1.70. The fraction of sp³-hybridized carbons (Fsp3) is 0.167. The summed E-state index contributed by atoms with van der Waals surface area (Å²) >= 11 is 0. The smallest absolute Gasteiger partial charge is 0.274 e. The molecule has 162 valence electrons. The SMILES string of the molecule is COc1ccc([C@H](C)NC(=O)c2nnn(-c3cccc(OC)c3)c2-c2ccncc2)cc1. The summed E-state index contributed by atoms with van der Waals surface area (Å²) in [6.45, 7) is 1.91. The molecule has 32 heavy (non-hydrogen) atoms. The summed E-state index contributed by atoms with van der Waals surface area (Å²) < 4.78 is 12.2. The molecule has 8 heteroatoms. The van der Waals surface area contributed by atoms with Gasteiger partial charge >= 0.3 is 0 Å². The molecule has 0 aliphatic carbocycles. The summed E-state index contributed by atoms with van der Waals surface area (Å²) in [6, 6.07) is 18.4. The third-order valence-corrected chi connectivity index (χ3v) is 5.10. The van der Waals surface area contributed by atoms with Crippen LogP contribution in [0.5, 0.6) is 11.5 Å². The molecule has 2 aromatic heterocycles. The number of pyridine rings is 1. The van der Waals surface area contributed by atoms with E-state index in [1.165, 1.54) is 0 Å². The van der Waals surface area contributed by atoms with Gasteiger partial charge in [0.1, 0.15) is 17.2 Å². The van der Waals surface area contributed by atoms with Crippen molar-refractivity contribution in [1.82, 2.24) is 25.3 Å². The lowest BCUT2D eigenvalue weighted by molar-refractivity contribution is 0.0935. The molecule has 2 aromatic carbocycles. The molecular weight excluding hydrogens is 406 g/mol. The van der Waals surface area contributed by atoms with Crippen molar-refractivity contribution < 1.29 is 14.3 Å². The lowest BCUT2D eigenvalue weighted by Crippen LogP contribution is -2.27. The van der Waals surface area contributed by atoms with Crippen molar-refractivity contribution >= 4 is 5.91 Å². The number of benzene rings is 2. The van der Waals surface area contributed by atoms with Gasteiger partial charge in [0.05, 0.1) is 25.9 Å². The molecule has 0 saturated heterocycles. The van der Waals surface area contributed by atoms with Crippen LogP contribution >= 0.6 is 0 Å². The molecule has 0 unspecified atom stereocenters. The Morgan fingerprint density at radius 3 is 2.38 bits per heavy atom. The van der Waals surface area contributed by atoms with Crippen LogP contribution in [-0.2, 0) is 0 Å². The summed E-state index contributed by atoms with van der Waals surface area (Å²) in [5, 5.41) is 11.5.